The van der Waals surface area contributed by atoms with Crippen molar-refractivity contribution in [3.05, 3.63) is 101 Å². The van der Waals surface area contributed by atoms with E-state index in [4.69, 9.17) is 0 Å². The van der Waals surface area contributed by atoms with Gasteiger partial charge in [-0.3, -0.25) is 39.7 Å². The number of hydrogen-bond donors (Lipinski definition) is 0. The fraction of sp³-hybridized carbons (Fsp3) is 0.200. The maximum atomic E-state index is 13.7. The van der Waals surface area contributed by atoms with Gasteiger partial charge in [0.25, 0.3) is 16.9 Å². The van der Waals surface area contributed by atoms with E-state index in [1.165, 1.54) is 16.7 Å². The van der Waals surface area contributed by atoms with Gasteiger partial charge < -0.3 is 4.90 Å². The molecule has 15 nitrogen and oxygen atoms in total. The van der Waals surface area contributed by atoms with Gasteiger partial charge in [0.15, 0.2) is 5.69 Å². The van der Waals surface area contributed by atoms with Crippen molar-refractivity contribution in [1.29, 1.82) is 0 Å². The topological polar surface area (TPSA) is 192 Å². The van der Waals surface area contributed by atoms with Crippen LogP contribution in [0.3, 0.4) is 0 Å². The second kappa shape index (κ2) is 11.0. The van der Waals surface area contributed by atoms with Gasteiger partial charge in [-0.05, 0) is 51.1 Å². The summed E-state index contributed by atoms with van der Waals surface area (Å²) in [6, 6.07) is 11.8. The Hall–Kier alpha value is -5.60. The molecule has 0 aliphatic carbocycles. The molecule has 4 rings (SSSR count). The average molecular weight is 547 g/mol. The van der Waals surface area contributed by atoms with Gasteiger partial charge in [0.2, 0.25) is 0 Å². The number of benzene rings is 3. The summed E-state index contributed by atoms with van der Waals surface area (Å²) in [7, 11) is 0. The number of rotatable bonds is 9. The Morgan fingerprint density at radius 1 is 0.825 bits per heavy atom. The van der Waals surface area contributed by atoms with Gasteiger partial charge in [-0.25, -0.2) is 4.98 Å². The molecule has 0 amide bonds. The maximum absolute atomic E-state index is 13.7. The average Bonchev–Trinajstić information content (AvgIpc) is 2.92. The number of nitro groups is 3. The number of non-ortho nitro benzene ring substituents is 2. The van der Waals surface area contributed by atoms with Crippen LogP contribution in [0.4, 0.5) is 34.1 Å². The Balaban J connectivity index is 1.96. The number of nitro benzene ring substituents is 3. The van der Waals surface area contributed by atoms with Crippen molar-refractivity contribution in [2.24, 2.45) is 10.2 Å². The van der Waals surface area contributed by atoms with E-state index in [0.29, 0.717) is 13.1 Å². The Bertz CT molecular complexity index is 1760. The molecule has 0 radical (unpaired) electrons. The number of azo groups is 1. The van der Waals surface area contributed by atoms with Crippen molar-refractivity contribution in [2.45, 2.75) is 20.8 Å². The van der Waals surface area contributed by atoms with Crippen LogP contribution in [0.25, 0.3) is 16.6 Å². The van der Waals surface area contributed by atoms with Gasteiger partial charge in [0, 0.05) is 37.0 Å². The molecule has 0 bridgehead atoms. The second-order valence-electron chi connectivity index (χ2n) is 8.49. The summed E-state index contributed by atoms with van der Waals surface area (Å²) in [5.41, 5.74) is -0.794. The third-order valence-corrected chi connectivity index (χ3v) is 6.19. The predicted molar refractivity (Wildman–Crippen MR) is 146 cm³/mol. The summed E-state index contributed by atoms with van der Waals surface area (Å²) in [4.78, 5) is 51.9. The first-order valence-corrected chi connectivity index (χ1v) is 12.0. The summed E-state index contributed by atoms with van der Waals surface area (Å²) in [5.74, 6) is 0.265. The first-order chi connectivity index (χ1) is 19.0. The minimum absolute atomic E-state index is 0.0157. The highest BCUT2D eigenvalue weighted by atomic mass is 16.6. The van der Waals surface area contributed by atoms with Gasteiger partial charge in [-0.2, -0.15) is 0 Å². The lowest BCUT2D eigenvalue weighted by molar-refractivity contribution is -0.393. The number of anilines is 1. The van der Waals surface area contributed by atoms with Crippen LogP contribution in [0, 0.1) is 37.3 Å². The number of hydrogen-bond acceptors (Lipinski definition) is 11. The minimum Gasteiger partial charge on any atom is -0.372 e. The van der Waals surface area contributed by atoms with Crippen LogP contribution in [-0.2, 0) is 0 Å². The zero-order chi connectivity index (χ0) is 29.1. The molecule has 40 heavy (non-hydrogen) atoms. The summed E-state index contributed by atoms with van der Waals surface area (Å²) in [6.07, 6.45) is 0. The Morgan fingerprint density at radius 3 is 2.05 bits per heavy atom. The van der Waals surface area contributed by atoms with Crippen LogP contribution in [0.2, 0.25) is 0 Å². The molecule has 0 aliphatic heterocycles. The van der Waals surface area contributed by atoms with Crippen LogP contribution in [0.5, 0.6) is 0 Å². The Labute approximate surface area is 225 Å². The highest BCUT2D eigenvalue weighted by Crippen LogP contribution is 2.35. The molecule has 4 aromatic rings. The van der Waals surface area contributed by atoms with Crippen molar-refractivity contribution >= 4 is 45.0 Å². The first-order valence-electron chi connectivity index (χ1n) is 12.0. The van der Waals surface area contributed by atoms with Crippen molar-refractivity contribution in [3.8, 4) is 5.69 Å². The van der Waals surface area contributed by atoms with Gasteiger partial charge in [-0.15, -0.1) is 10.2 Å². The lowest BCUT2D eigenvalue weighted by atomic mass is 10.2. The third kappa shape index (κ3) is 5.20. The summed E-state index contributed by atoms with van der Waals surface area (Å²) in [5, 5.41) is 42.1. The standard InChI is InChI=1S/C25H22N8O7/c1-4-29(5-2)16-6-10-21(27-28-22-11-8-18(32(37)38)14-24(22)33(39)40)23(13-16)30-15(3)26-20-9-7-17(31(35)36)12-19(20)25(30)34/h6-14H,4-5H2,1-3H3. The van der Waals surface area contributed by atoms with E-state index in [2.05, 4.69) is 15.2 Å². The molecule has 1 aromatic heterocycles. The minimum atomic E-state index is -0.805. The highest BCUT2D eigenvalue weighted by Gasteiger charge is 2.21. The summed E-state index contributed by atoms with van der Waals surface area (Å²) >= 11 is 0. The number of aryl methyl sites for hydroxylation is 1. The van der Waals surface area contributed by atoms with Crippen LogP contribution in [0.15, 0.2) is 69.6 Å². The normalized spacial score (nSPS) is 11.2. The largest absolute Gasteiger partial charge is 0.372 e. The first kappa shape index (κ1) is 27.4. The van der Waals surface area contributed by atoms with Crippen molar-refractivity contribution < 1.29 is 14.8 Å². The second-order valence-corrected chi connectivity index (χ2v) is 8.49. The van der Waals surface area contributed by atoms with Crippen molar-refractivity contribution in [2.75, 3.05) is 18.0 Å². The molecule has 0 spiro atoms. The SMILES string of the molecule is CCN(CC)c1ccc(N=Nc2ccc([N+](=O)[O-])cc2[N+](=O)[O-])c(-n2c(C)nc3ccc([N+](=O)[O-])cc3c2=O)c1. The van der Waals surface area contributed by atoms with Gasteiger partial charge in [0.05, 0.1) is 37.4 Å². The van der Waals surface area contributed by atoms with Gasteiger partial charge >= 0.3 is 5.69 Å². The Morgan fingerprint density at radius 2 is 1.43 bits per heavy atom. The van der Waals surface area contributed by atoms with Crippen molar-refractivity contribution in [3.63, 3.8) is 0 Å². The van der Waals surface area contributed by atoms with Crippen LogP contribution in [-0.4, -0.2) is 37.4 Å². The molecule has 0 atom stereocenters. The van der Waals surface area contributed by atoms with Crippen LogP contribution in [0.1, 0.15) is 19.7 Å². The molecule has 0 N–H and O–H groups in total. The highest BCUT2D eigenvalue weighted by molar-refractivity contribution is 5.81. The van der Waals surface area contributed by atoms with Gasteiger partial charge in [-0.1, -0.05) is 0 Å². The maximum Gasteiger partial charge on any atom is 0.303 e. The summed E-state index contributed by atoms with van der Waals surface area (Å²) in [6.45, 7) is 6.81. The predicted octanol–water partition coefficient (Wildman–Crippen LogP) is 5.68. The van der Waals surface area contributed by atoms with Crippen LogP contribution >= 0.6 is 0 Å². The Kier molecular flexibility index (Phi) is 7.56. The number of fused-ring (bicyclic) bond motifs is 1. The molecular weight excluding hydrogens is 524 g/mol. The summed E-state index contributed by atoms with van der Waals surface area (Å²) < 4.78 is 1.25. The molecule has 3 aromatic carbocycles. The quantitative estimate of drug-likeness (QED) is 0.144. The third-order valence-electron chi connectivity index (χ3n) is 6.19. The molecule has 0 saturated carbocycles. The molecule has 15 heteroatoms. The van der Waals surface area contributed by atoms with E-state index >= 15 is 0 Å². The monoisotopic (exact) mass is 546 g/mol. The zero-order valence-corrected chi connectivity index (χ0v) is 21.5. The van der Waals surface area contributed by atoms with E-state index < -0.39 is 31.7 Å². The lowest BCUT2D eigenvalue weighted by Crippen LogP contribution is -2.24. The van der Waals surface area contributed by atoms with E-state index in [1.54, 1.807) is 25.1 Å². The lowest BCUT2D eigenvalue weighted by Gasteiger charge is -2.23. The molecule has 0 saturated heterocycles. The fourth-order valence-corrected chi connectivity index (χ4v) is 4.21. The van der Waals surface area contributed by atoms with E-state index in [0.717, 1.165) is 30.0 Å². The van der Waals surface area contributed by atoms with E-state index in [1.807, 2.05) is 18.7 Å². The molecular formula is C25H22N8O7. The molecule has 0 unspecified atom stereocenters. The zero-order valence-electron chi connectivity index (χ0n) is 21.5. The smallest absolute Gasteiger partial charge is 0.303 e. The fourth-order valence-electron chi connectivity index (χ4n) is 4.21. The number of nitrogens with zero attached hydrogens (tertiary/aromatic N) is 8. The molecule has 1 heterocycles. The molecule has 0 aliphatic rings. The van der Waals surface area contributed by atoms with Crippen molar-refractivity contribution in [1.82, 2.24) is 9.55 Å². The number of aromatic nitrogens is 2. The van der Waals surface area contributed by atoms with E-state index in [-0.39, 0.29) is 39.5 Å². The van der Waals surface area contributed by atoms with Gasteiger partial charge in [0.1, 0.15) is 11.5 Å². The van der Waals surface area contributed by atoms with Crippen LogP contribution < -0.4 is 10.5 Å². The van der Waals surface area contributed by atoms with E-state index in [9.17, 15) is 35.1 Å². The molecule has 0 fully saturated rings. The molecule has 204 valence electrons.